The van der Waals surface area contributed by atoms with Crippen LogP contribution in [0.25, 0.3) is 5.83 Å². The van der Waals surface area contributed by atoms with Gasteiger partial charge in [0.2, 0.25) is 0 Å². The minimum atomic E-state index is -5.33. The van der Waals surface area contributed by atoms with E-state index in [2.05, 4.69) is 15.9 Å². The van der Waals surface area contributed by atoms with Crippen molar-refractivity contribution in [2.24, 2.45) is 0 Å². The number of allylic oxidation sites excluding steroid dienone is 1. The van der Waals surface area contributed by atoms with Gasteiger partial charge >= 0.3 is 24.6 Å². The SMILES string of the molecule is CN(NC(=O)c1ccc(C(F)=CC(c2ccc(Cl)c(Br)c2)C(F)(F)F)cc1C(F)(F)F)C(=O)NCC(F)(F)F. The van der Waals surface area contributed by atoms with E-state index < -0.39 is 71.0 Å². The van der Waals surface area contributed by atoms with Gasteiger partial charge < -0.3 is 5.32 Å². The van der Waals surface area contributed by atoms with Crippen molar-refractivity contribution in [1.82, 2.24) is 15.8 Å². The van der Waals surface area contributed by atoms with E-state index in [1.165, 1.54) is 5.32 Å². The summed E-state index contributed by atoms with van der Waals surface area (Å²) >= 11 is 8.69. The largest absolute Gasteiger partial charge is 0.417 e. The van der Waals surface area contributed by atoms with Crippen molar-refractivity contribution in [3.05, 3.63) is 74.2 Å². The molecule has 0 aliphatic rings. The quantitative estimate of drug-likeness (QED) is 0.257. The Morgan fingerprint density at radius 3 is 2.15 bits per heavy atom. The van der Waals surface area contributed by atoms with Crippen molar-refractivity contribution in [2.75, 3.05) is 13.6 Å². The molecular formula is C22H15BrClF10N3O2. The summed E-state index contributed by atoms with van der Waals surface area (Å²) in [5, 5.41) is 1.56. The van der Waals surface area contributed by atoms with Crippen molar-refractivity contribution >= 4 is 45.3 Å². The smallest absolute Gasteiger partial charge is 0.327 e. The van der Waals surface area contributed by atoms with Crippen molar-refractivity contribution in [1.29, 1.82) is 0 Å². The lowest BCUT2D eigenvalue weighted by Gasteiger charge is -2.21. The number of urea groups is 1. The van der Waals surface area contributed by atoms with E-state index in [1.54, 1.807) is 5.43 Å². The molecule has 0 saturated carbocycles. The fourth-order valence-corrected chi connectivity index (χ4v) is 3.53. The molecule has 0 aromatic heterocycles. The number of amides is 3. The predicted molar refractivity (Wildman–Crippen MR) is 123 cm³/mol. The van der Waals surface area contributed by atoms with Crippen LogP contribution in [-0.2, 0) is 6.18 Å². The van der Waals surface area contributed by atoms with Crippen molar-refractivity contribution in [2.45, 2.75) is 24.4 Å². The molecule has 0 heterocycles. The molecule has 0 spiro atoms. The maximum absolute atomic E-state index is 14.9. The van der Waals surface area contributed by atoms with Gasteiger partial charge in [0.25, 0.3) is 5.91 Å². The molecule has 2 aromatic carbocycles. The van der Waals surface area contributed by atoms with Crippen LogP contribution >= 0.6 is 27.5 Å². The zero-order valence-electron chi connectivity index (χ0n) is 19.1. The summed E-state index contributed by atoms with van der Waals surface area (Å²) in [7, 11) is 0.736. The molecule has 1 unspecified atom stereocenters. The Kier molecular flexibility index (Phi) is 9.93. The summed E-state index contributed by atoms with van der Waals surface area (Å²) in [6, 6.07) is 2.59. The van der Waals surface area contributed by atoms with Gasteiger partial charge in [-0.1, -0.05) is 23.7 Å². The van der Waals surface area contributed by atoms with E-state index in [0.29, 0.717) is 12.1 Å². The number of nitrogens with zero attached hydrogens (tertiary/aromatic N) is 1. The van der Waals surface area contributed by atoms with Gasteiger partial charge in [0.05, 0.1) is 16.1 Å². The lowest BCUT2D eigenvalue weighted by atomic mass is 9.95. The maximum atomic E-state index is 14.9. The molecule has 0 bridgehead atoms. The highest BCUT2D eigenvalue weighted by molar-refractivity contribution is 9.10. The van der Waals surface area contributed by atoms with Crippen LogP contribution in [0.5, 0.6) is 0 Å². The molecule has 3 amide bonds. The average Bonchev–Trinajstić information content (AvgIpc) is 2.80. The molecule has 0 aliphatic carbocycles. The Morgan fingerprint density at radius 1 is 1.03 bits per heavy atom. The normalized spacial score (nSPS) is 13.6. The molecular weight excluding hydrogens is 644 g/mol. The predicted octanol–water partition coefficient (Wildman–Crippen LogP) is 7.63. The molecule has 17 heteroatoms. The fourth-order valence-electron chi connectivity index (χ4n) is 3.01. The summed E-state index contributed by atoms with van der Waals surface area (Å²) in [6.07, 6.45) is -15.2. The van der Waals surface area contributed by atoms with Crippen molar-refractivity contribution in [3.8, 4) is 0 Å². The number of hydrogen-bond donors (Lipinski definition) is 2. The first-order valence-corrected chi connectivity index (χ1v) is 11.4. The minimum absolute atomic E-state index is 0.0453. The van der Waals surface area contributed by atoms with Gasteiger partial charge in [-0.15, -0.1) is 0 Å². The maximum Gasteiger partial charge on any atom is 0.417 e. The Bertz CT molecular complexity index is 1260. The van der Waals surface area contributed by atoms with Crippen LogP contribution in [-0.4, -0.2) is 42.9 Å². The molecule has 0 radical (unpaired) electrons. The van der Waals surface area contributed by atoms with Crippen LogP contribution in [0.1, 0.15) is 33.0 Å². The van der Waals surface area contributed by atoms with Gasteiger partial charge in [0, 0.05) is 17.1 Å². The lowest BCUT2D eigenvalue weighted by molar-refractivity contribution is -0.140. The molecule has 214 valence electrons. The standard InChI is InChI=1S/C22H15BrClF10N3O2/c1-37(19(39)35-9-20(26,27)28)36-18(38)12-4-2-11(6-14(12)22(32,33)34)17(25)8-13(21(29,30)31)10-3-5-16(24)15(23)7-10/h2-8,13H,9H2,1H3,(H,35,39)(H,36,38). The summed E-state index contributed by atoms with van der Waals surface area (Å²) in [4.78, 5) is 24.0. The Hall–Kier alpha value is -3.01. The average molecular weight is 659 g/mol. The van der Waals surface area contributed by atoms with Crippen LogP contribution in [0.4, 0.5) is 48.7 Å². The fraction of sp³-hybridized carbons (Fsp3) is 0.273. The minimum Gasteiger partial charge on any atom is -0.327 e. The third-order valence-corrected chi connectivity index (χ3v) is 6.04. The van der Waals surface area contributed by atoms with Crippen LogP contribution in [0.2, 0.25) is 5.02 Å². The van der Waals surface area contributed by atoms with Crippen molar-refractivity contribution < 1.29 is 53.5 Å². The molecule has 0 fully saturated rings. The Morgan fingerprint density at radius 2 is 1.64 bits per heavy atom. The Labute approximate surface area is 226 Å². The van der Waals surface area contributed by atoms with Crippen LogP contribution < -0.4 is 10.7 Å². The zero-order valence-corrected chi connectivity index (χ0v) is 21.5. The number of hydrogen-bond acceptors (Lipinski definition) is 2. The number of rotatable bonds is 5. The lowest BCUT2D eigenvalue weighted by Crippen LogP contribution is -2.50. The molecule has 0 aliphatic heterocycles. The van der Waals surface area contributed by atoms with E-state index >= 15 is 0 Å². The van der Waals surface area contributed by atoms with Gasteiger partial charge in [0.1, 0.15) is 18.3 Å². The number of halogens is 12. The van der Waals surface area contributed by atoms with E-state index in [9.17, 15) is 53.5 Å². The highest BCUT2D eigenvalue weighted by Gasteiger charge is 2.41. The van der Waals surface area contributed by atoms with Gasteiger partial charge in [-0.3, -0.25) is 10.2 Å². The number of carbonyl (C=O) groups is 2. The van der Waals surface area contributed by atoms with Crippen LogP contribution in [0, 0.1) is 0 Å². The summed E-state index contributed by atoms with van der Waals surface area (Å²) in [5.74, 6) is -5.92. The highest BCUT2D eigenvalue weighted by atomic mass is 79.9. The first-order valence-electron chi connectivity index (χ1n) is 10.2. The monoisotopic (exact) mass is 657 g/mol. The molecule has 0 saturated heterocycles. The zero-order chi connectivity index (χ0) is 29.9. The van der Waals surface area contributed by atoms with Crippen LogP contribution in [0.15, 0.2) is 46.9 Å². The third-order valence-electron chi connectivity index (χ3n) is 4.83. The van der Waals surface area contributed by atoms with Gasteiger partial charge in [-0.05, 0) is 51.8 Å². The number of carbonyl (C=O) groups excluding carboxylic acids is 2. The molecule has 2 N–H and O–H groups in total. The third kappa shape index (κ3) is 9.02. The second-order valence-electron chi connectivity index (χ2n) is 7.74. The first-order chi connectivity index (χ1) is 17.7. The van der Waals surface area contributed by atoms with E-state index in [1.807, 2.05) is 0 Å². The first kappa shape index (κ1) is 32.2. The van der Waals surface area contributed by atoms with Gasteiger partial charge in [-0.25, -0.2) is 14.2 Å². The number of nitrogens with one attached hydrogen (secondary N) is 2. The van der Waals surface area contributed by atoms with Gasteiger partial charge in [-0.2, -0.15) is 39.5 Å². The topological polar surface area (TPSA) is 61.4 Å². The summed E-state index contributed by atoms with van der Waals surface area (Å²) in [5.41, 5.74) is -2.80. The number of benzene rings is 2. The molecule has 2 rings (SSSR count). The number of alkyl halides is 9. The van der Waals surface area contributed by atoms with E-state index in [-0.39, 0.29) is 26.6 Å². The summed E-state index contributed by atoms with van der Waals surface area (Å²) < 4.78 is 134. The van der Waals surface area contributed by atoms with Gasteiger partial charge in [0.15, 0.2) is 0 Å². The Balaban J connectivity index is 2.42. The second kappa shape index (κ2) is 12.0. The molecule has 39 heavy (non-hydrogen) atoms. The highest BCUT2D eigenvalue weighted by Crippen LogP contribution is 2.41. The van der Waals surface area contributed by atoms with Crippen molar-refractivity contribution in [3.63, 3.8) is 0 Å². The second-order valence-corrected chi connectivity index (χ2v) is 9.00. The molecule has 5 nitrogen and oxygen atoms in total. The van der Waals surface area contributed by atoms with Crippen LogP contribution in [0.3, 0.4) is 0 Å². The van der Waals surface area contributed by atoms with E-state index in [4.69, 9.17) is 11.6 Å². The molecule has 1 atom stereocenters. The molecule has 2 aromatic rings. The summed E-state index contributed by atoms with van der Waals surface area (Å²) in [6.45, 7) is -1.80. The number of hydrazine groups is 1. The van der Waals surface area contributed by atoms with E-state index in [0.717, 1.165) is 25.2 Å².